The maximum Gasteiger partial charge on any atom is 0.391 e. The van der Waals surface area contributed by atoms with Gasteiger partial charge in [-0.25, -0.2) is 0 Å². The summed E-state index contributed by atoms with van der Waals surface area (Å²) in [6, 6.07) is 0. The van der Waals surface area contributed by atoms with E-state index < -0.39 is 12.1 Å². The Hall–Kier alpha value is -0.910. The zero-order valence-electron chi connectivity index (χ0n) is 13.5. The molecule has 0 N–H and O–H groups in total. The topological polar surface area (TPSA) is 0 Å². The van der Waals surface area contributed by atoms with Gasteiger partial charge in [0.25, 0.3) is 0 Å². The molecule has 3 heteroatoms. The third-order valence-electron chi connectivity index (χ3n) is 5.40. The molecule has 0 spiro atoms. The monoisotopic (exact) mass is 312 g/mol. The minimum atomic E-state index is -4.02. The summed E-state index contributed by atoms with van der Waals surface area (Å²) in [6.07, 6.45) is 8.24. The van der Waals surface area contributed by atoms with Crippen molar-refractivity contribution in [2.75, 3.05) is 0 Å². The molecule has 0 aromatic heterocycles. The minimum Gasteiger partial charge on any atom is -0.171 e. The molecule has 0 amide bonds. The van der Waals surface area contributed by atoms with E-state index in [0.29, 0.717) is 18.8 Å². The first kappa shape index (κ1) is 17.4. The highest BCUT2D eigenvalue weighted by atomic mass is 19.4. The Morgan fingerprint density at radius 1 is 0.955 bits per heavy atom. The van der Waals surface area contributed by atoms with Crippen LogP contribution in [-0.2, 0) is 0 Å². The Balaban J connectivity index is 1.70. The van der Waals surface area contributed by atoms with Crippen molar-refractivity contribution in [2.45, 2.75) is 70.9 Å². The van der Waals surface area contributed by atoms with Crippen molar-refractivity contribution in [3.05, 3.63) is 12.2 Å². The smallest absolute Gasteiger partial charge is 0.171 e. The van der Waals surface area contributed by atoms with Gasteiger partial charge in [0, 0.05) is 5.92 Å². The molecule has 2 fully saturated rings. The van der Waals surface area contributed by atoms with Crippen molar-refractivity contribution < 1.29 is 13.2 Å². The van der Waals surface area contributed by atoms with Gasteiger partial charge in [0.1, 0.15) is 0 Å². The van der Waals surface area contributed by atoms with Gasteiger partial charge >= 0.3 is 6.18 Å². The lowest BCUT2D eigenvalue weighted by molar-refractivity contribution is -0.182. The van der Waals surface area contributed by atoms with Gasteiger partial charge in [0.05, 0.1) is 5.92 Å². The fourth-order valence-corrected chi connectivity index (χ4v) is 3.70. The molecule has 2 rings (SSSR count). The molecule has 2 saturated carbocycles. The normalized spacial score (nSPS) is 33.5. The van der Waals surface area contributed by atoms with E-state index in [4.69, 9.17) is 0 Å². The standard InChI is InChI=1S/C19H27F3/c1-2-15-7-9-16(10-8-15)5-3-4-6-17-11-13-18(14-12-17)19(20,21)22/h3,5,15-18H,2,7-14H2,1H3/b5-3+/t15-,16-,17-,18-. The van der Waals surface area contributed by atoms with E-state index in [2.05, 4.69) is 24.8 Å². The van der Waals surface area contributed by atoms with Crippen molar-refractivity contribution in [1.29, 1.82) is 0 Å². The molecule has 0 atom stereocenters. The summed E-state index contributed by atoms with van der Waals surface area (Å²) in [5.74, 6) is 6.82. The van der Waals surface area contributed by atoms with E-state index in [1.54, 1.807) is 0 Å². The van der Waals surface area contributed by atoms with E-state index in [1.165, 1.54) is 32.1 Å². The molecule has 0 nitrogen and oxygen atoms in total. The second kappa shape index (κ2) is 8.09. The number of alkyl halides is 3. The van der Waals surface area contributed by atoms with Crippen LogP contribution in [0.25, 0.3) is 0 Å². The van der Waals surface area contributed by atoms with Crippen LogP contribution in [0.4, 0.5) is 13.2 Å². The lowest BCUT2D eigenvalue weighted by atomic mass is 9.80. The molecule has 0 saturated heterocycles. The lowest BCUT2D eigenvalue weighted by Crippen LogP contribution is -2.27. The second-order valence-electron chi connectivity index (χ2n) is 6.93. The summed E-state index contributed by atoms with van der Waals surface area (Å²) in [5.41, 5.74) is 0. The van der Waals surface area contributed by atoms with Gasteiger partial charge in [-0.3, -0.25) is 0 Å². The van der Waals surface area contributed by atoms with Gasteiger partial charge in [0.15, 0.2) is 0 Å². The second-order valence-corrected chi connectivity index (χ2v) is 6.93. The fraction of sp³-hybridized carbons (Fsp3) is 0.789. The molecule has 124 valence electrons. The van der Waals surface area contributed by atoms with Crippen LogP contribution in [0.5, 0.6) is 0 Å². The predicted molar refractivity (Wildman–Crippen MR) is 84.2 cm³/mol. The Labute approximate surface area is 132 Å². The zero-order valence-corrected chi connectivity index (χ0v) is 13.5. The molecule has 0 heterocycles. The molecule has 22 heavy (non-hydrogen) atoms. The van der Waals surface area contributed by atoms with E-state index in [9.17, 15) is 13.2 Å². The van der Waals surface area contributed by atoms with Crippen LogP contribution in [0.2, 0.25) is 0 Å². The summed E-state index contributed by atoms with van der Waals surface area (Å²) < 4.78 is 37.8. The molecule has 0 bridgehead atoms. The highest BCUT2D eigenvalue weighted by Crippen LogP contribution is 2.39. The van der Waals surface area contributed by atoms with E-state index >= 15 is 0 Å². The van der Waals surface area contributed by atoms with Crippen LogP contribution >= 0.6 is 0 Å². The maximum atomic E-state index is 12.6. The first-order chi connectivity index (χ1) is 10.5. The minimum absolute atomic E-state index is 0.152. The quantitative estimate of drug-likeness (QED) is 0.538. The Bertz CT molecular complexity index is 408. The molecular formula is C19H27F3. The van der Waals surface area contributed by atoms with Crippen molar-refractivity contribution in [2.24, 2.45) is 23.7 Å². The molecule has 0 aromatic rings. The molecule has 2 aliphatic rings. The average molecular weight is 312 g/mol. The number of rotatable bonds is 2. The summed E-state index contributed by atoms with van der Waals surface area (Å²) in [7, 11) is 0. The summed E-state index contributed by atoms with van der Waals surface area (Å²) in [5, 5.41) is 0. The third-order valence-corrected chi connectivity index (χ3v) is 5.40. The lowest BCUT2D eigenvalue weighted by Gasteiger charge is -2.27. The number of hydrogen-bond donors (Lipinski definition) is 0. The average Bonchev–Trinajstić information content (AvgIpc) is 2.52. The summed E-state index contributed by atoms with van der Waals surface area (Å²) in [6.45, 7) is 2.26. The number of hydrogen-bond acceptors (Lipinski definition) is 0. The fourth-order valence-electron chi connectivity index (χ4n) is 3.70. The molecule has 0 aromatic carbocycles. The van der Waals surface area contributed by atoms with Gasteiger partial charge < -0.3 is 0 Å². The third kappa shape index (κ3) is 5.38. The molecule has 0 aliphatic heterocycles. The Kier molecular flexibility index (Phi) is 6.41. The van der Waals surface area contributed by atoms with Crippen molar-refractivity contribution >= 4 is 0 Å². The number of allylic oxidation sites excluding steroid dienone is 2. The van der Waals surface area contributed by atoms with Crippen LogP contribution in [0.3, 0.4) is 0 Å². The van der Waals surface area contributed by atoms with Crippen LogP contribution in [-0.4, -0.2) is 6.18 Å². The van der Waals surface area contributed by atoms with Gasteiger partial charge in [-0.15, -0.1) is 0 Å². The van der Waals surface area contributed by atoms with Crippen LogP contribution < -0.4 is 0 Å². The van der Waals surface area contributed by atoms with Crippen LogP contribution in [0.15, 0.2) is 12.2 Å². The van der Waals surface area contributed by atoms with E-state index in [-0.39, 0.29) is 18.8 Å². The van der Waals surface area contributed by atoms with E-state index in [0.717, 1.165) is 5.92 Å². The van der Waals surface area contributed by atoms with Gasteiger partial charge in [-0.1, -0.05) is 31.3 Å². The summed E-state index contributed by atoms with van der Waals surface area (Å²) >= 11 is 0. The van der Waals surface area contributed by atoms with Gasteiger partial charge in [-0.2, -0.15) is 13.2 Å². The van der Waals surface area contributed by atoms with Gasteiger partial charge in [-0.05, 0) is 69.3 Å². The zero-order chi connectivity index (χ0) is 16.0. The van der Waals surface area contributed by atoms with Gasteiger partial charge in [0.2, 0.25) is 0 Å². The first-order valence-corrected chi connectivity index (χ1v) is 8.73. The van der Waals surface area contributed by atoms with Crippen LogP contribution in [0, 0.1) is 35.5 Å². The summed E-state index contributed by atoms with van der Waals surface area (Å²) in [4.78, 5) is 0. The largest absolute Gasteiger partial charge is 0.391 e. The number of halogens is 3. The maximum absolute atomic E-state index is 12.6. The van der Waals surface area contributed by atoms with Crippen molar-refractivity contribution in [3.8, 4) is 11.8 Å². The van der Waals surface area contributed by atoms with Crippen molar-refractivity contribution in [3.63, 3.8) is 0 Å². The highest BCUT2D eigenvalue weighted by Gasteiger charge is 2.41. The Morgan fingerprint density at radius 3 is 2.14 bits per heavy atom. The van der Waals surface area contributed by atoms with Crippen molar-refractivity contribution in [1.82, 2.24) is 0 Å². The van der Waals surface area contributed by atoms with E-state index in [1.807, 2.05) is 6.08 Å². The molecule has 0 radical (unpaired) electrons. The van der Waals surface area contributed by atoms with Crippen LogP contribution in [0.1, 0.15) is 64.7 Å². The molecule has 0 unspecified atom stereocenters. The molecule has 2 aliphatic carbocycles. The predicted octanol–water partition coefficient (Wildman–Crippen LogP) is 6.13. The molecular weight excluding hydrogens is 285 g/mol. The first-order valence-electron chi connectivity index (χ1n) is 8.73. The highest BCUT2D eigenvalue weighted by molar-refractivity contribution is 5.18. The Morgan fingerprint density at radius 2 is 1.59 bits per heavy atom. The SMILES string of the molecule is CC[C@H]1CC[C@H](/C=C/C#C[C@H]2CC[C@H](C(F)(F)F)CC2)CC1.